The summed E-state index contributed by atoms with van der Waals surface area (Å²) >= 11 is 10.6. The first kappa shape index (κ1) is 15.7. The largest absolute Gasteiger partial charge is 0.389 e. The molecule has 0 bridgehead atoms. The maximum absolute atomic E-state index is 13.6. The molecule has 2 aromatic carbocycles. The maximum atomic E-state index is 13.6. The molecule has 0 spiro atoms. The lowest BCUT2D eigenvalue weighted by molar-refractivity contribution is 0.598. The van der Waals surface area contributed by atoms with Gasteiger partial charge in [0.15, 0.2) is 0 Å². The van der Waals surface area contributed by atoms with Crippen molar-refractivity contribution in [3.8, 4) is 0 Å². The van der Waals surface area contributed by atoms with E-state index >= 15 is 0 Å². The highest BCUT2D eigenvalue weighted by atomic mass is 35.5. The zero-order valence-electron chi connectivity index (χ0n) is 10.5. The summed E-state index contributed by atoms with van der Waals surface area (Å²) in [5, 5.41) is -0.0293. The molecule has 0 saturated carbocycles. The second-order valence-corrected chi connectivity index (χ2v) is 6.62. The summed E-state index contributed by atoms with van der Waals surface area (Å²) in [5.41, 5.74) is 5.68. The highest BCUT2D eigenvalue weighted by Crippen LogP contribution is 2.27. The van der Waals surface area contributed by atoms with Crippen molar-refractivity contribution in [2.45, 2.75) is 4.90 Å². The van der Waals surface area contributed by atoms with E-state index in [1.807, 2.05) is 0 Å². The van der Waals surface area contributed by atoms with Gasteiger partial charge < -0.3 is 5.73 Å². The van der Waals surface area contributed by atoms with Gasteiger partial charge in [-0.3, -0.25) is 4.72 Å². The van der Waals surface area contributed by atoms with Gasteiger partial charge in [0.05, 0.1) is 9.92 Å². The number of rotatable bonds is 4. The molecule has 2 aromatic rings. The molecule has 0 saturated heterocycles. The van der Waals surface area contributed by atoms with E-state index in [1.54, 1.807) is 0 Å². The Kier molecular flexibility index (Phi) is 4.46. The minimum absolute atomic E-state index is 0.0293. The molecule has 0 atom stereocenters. The van der Waals surface area contributed by atoms with Crippen LogP contribution in [0.15, 0.2) is 47.4 Å². The quantitative estimate of drug-likeness (QED) is 0.836. The first-order chi connectivity index (χ1) is 9.81. The van der Waals surface area contributed by atoms with Crippen LogP contribution in [0.4, 0.5) is 10.1 Å². The third-order valence-corrected chi connectivity index (χ3v) is 4.56. The lowest BCUT2D eigenvalue weighted by Gasteiger charge is -2.10. The number of halogens is 2. The molecule has 0 aliphatic heterocycles. The highest BCUT2D eigenvalue weighted by Gasteiger charge is 2.18. The van der Waals surface area contributed by atoms with Gasteiger partial charge in [0.2, 0.25) is 0 Å². The SMILES string of the molecule is NC(=S)c1ccc(S(=O)(=O)Nc2c(F)cccc2Cl)cc1. The van der Waals surface area contributed by atoms with Crippen molar-refractivity contribution in [1.82, 2.24) is 0 Å². The number of anilines is 1. The summed E-state index contributed by atoms with van der Waals surface area (Å²) in [6.07, 6.45) is 0. The summed E-state index contributed by atoms with van der Waals surface area (Å²) in [5.74, 6) is -0.758. The van der Waals surface area contributed by atoms with E-state index in [-0.39, 0.29) is 20.6 Å². The van der Waals surface area contributed by atoms with E-state index in [4.69, 9.17) is 29.6 Å². The number of thiocarbonyl (C=S) groups is 1. The fraction of sp³-hybridized carbons (Fsp3) is 0. The molecule has 0 aromatic heterocycles. The van der Waals surface area contributed by atoms with Gasteiger partial charge in [-0.15, -0.1) is 0 Å². The Labute approximate surface area is 131 Å². The van der Waals surface area contributed by atoms with E-state index < -0.39 is 15.8 Å². The standard InChI is InChI=1S/C13H10ClFN2O2S2/c14-10-2-1-3-11(15)12(10)17-21(18,19)9-6-4-8(5-7-9)13(16)20/h1-7,17H,(H2,16,20). The van der Waals surface area contributed by atoms with Crippen molar-refractivity contribution in [2.75, 3.05) is 4.72 Å². The van der Waals surface area contributed by atoms with Gasteiger partial charge in [0.1, 0.15) is 16.5 Å². The zero-order chi connectivity index (χ0) is 15.6. The number of para-hydroxylation sites is 1. The topological polar surface area (TPSA) is 72.2 Å². The summed E-state index contributed by atoms with van der Waals surface area (Å²) < 4.78 is 40.1. The molecule has 3 N–H and O–H groups in total. The van der Waals surface area contributed by atoms with Crippen LogP contribution in [0.3, 0.4) is 0 Å². The van der Waals surface area contributed by atoms with Crippen molar-refractivity contribution in [3.63, 3.8) is 0 Å². The van der Waals surface area contributed by atoms with Gasteiger partial charge in [-0.2, -0.15) is 0 Å². The van der Waals surface area contributed by atoms with Crippen LogP contribution in [0, 0.1) is 5.82 Å². The Bertz CT molecular complexity index is 772. The smallest absolute Gasteiger partial charge is 0.262 e. The van der Waals surface area contributed by atoms with Crippen LogP contribution in [0.25, 0.3) is 0 Å². The molecule has 0 heterocycles. The second-order valence-electron chi connectivity index (χ2n) is 4.09. The molecule has 21 heavy (non-hydrogen) atoms. The number of benzene rings is 2. The molecule has 110 valence electrons. The molecule has 0 radical (unpaired) electrons. The molecule has 4 nitrogen and oxygen atoms in total. The van der Waals surface area contributed by atoms with Crippen LogP contribution in [0.1, 0.15) is 5.56 Å². The lowest BCUT2D eigenvalue weighted by Crippen LogP contribution is -2.15. The molecule has 8 heteroatoms. The monoisotopic (exact) mass is 344 g/mol. The molecule has 0 amide bonds. The van der Waals surface area contributed by atoms with Crippen LogP contribution >= 0.6 is 23.8 Å². The number of hydrogen-bond donors (Lipinski definition) is 2. The molecule has 0 aliphatic carbocycles. The predicted molar refractivity (Wildman–Crippen MR) is 84.5 cm³/mol. The van der Waals surface area contributed by atoms with Gasteiger partial charge in [-0.1, -0.05) is 42.0 Å². The molecular formula is C13H10ClFN2O2S2. The lowest BCUT2D eigenvalue weighted by atomic mass is 10.2. The van der Waals surface area contributed by atoms with Gasteiger partial charge in [0, 0.05) is 5.56 Å². The average molecular weight is 345 g/mol. The van der Waals surface area contributed by atoms with Crippen molar-refractivity contribution in [2.24, 2.45) is 5.73 Å². The average Bonchev–Trinajstić information content (AvgIpc) is 2.43. The van der Waals surface area contributed by atoms with Crippen LogP contribution < -0.4 is 10.5 Å². The van der Waals surface area contributed by atoms with E-state index in [1.165, 1.54) is 36.4 Å². The molecular weight excluding hydrogens is 335 g/mol. The summed E-state index contributed by atoms with van der Waals surface area (Å²) in [4.78, 5) is 0.103. The minimum Gasteiger partial charge on any atom is -0.389 e. The summed E-state index contributed by atoms with van der Waals surface area (Å²) in [6.45, 7) is 0. The zero-order valence-corrected chi connectivity index (χ0v) is 12.9. The molecule has 0 aliphatic rings. The van der Waals surface area contributed by atoms with Crippen molar-refractivity contribution >= 4 is 44.5 Å². The fourth-order valence-electron chi connectivity index (χ4n) is 1.59. The third kappa shape index (κ3) is 3.49. The Morgan fingerprint density at radius 2 is 1.81 bits per heavy atom. The Balaban J connectivity index is 2.36. The number of hydrogen-bond acceptors (Lipinski definition) is 3. The predicted octanol–water partition coefficient (Wildman–Crippen LogP) is 2.91. The number of sulfonamides is 1. The van der Waals surface area contributed by atoms with E-state index in [2.05, 4.69) is 4.72 Å². The first-order valence-corrected chi connectivity index (χ1v) is 7.95. The van der Waals surface area contributed by atoms with Crippen LogP contribution in [-0.2, 0) is 10.0 Å². The van der Waals surface area contributed by atoms with E-state index in [0.29, 0.717) is 5.56 Å². The number of nitrogens with one attached hydrogen (secondary N) is 1. The second kappa shape index (κ2) is 5.97. The van der Waals surface area contributed by atoms with Gasteiger partial charge in [-0.25, -0.2) is 12.8 Å². The molecule has 0 fully saturated rings. The van der Waals surface area contributed by atoms with Crippen LogP contribution in [-0.4, -0.2) is 13.4 Å². The molecule has 0 unspecified atom stereocenters. The van der Waals surface area contributed by atoms with Crippen LogP contribution in [0.5, 0.6) is 0 Å². The van der Waals surface area contributed by atoms with Gasteiger partial charge in [0.25, 0.3) is 10.0 Å². The third-order valence-electron chi connectivity index (χ3n) is 2.65. The first-order valence-electron chi connectivity index (χ1n) is 5.68. The van der Waals surface area contributed by atoms with Crippen molar-refractivity contribution < 1.29 is 12.8 Å². The Hall–Kier alpha value is -1.70. The maximum Gasteiger partial charge on any atom is 0.262 e. The normalized spacial score (nSPS) is 11.1. The minimum atomic E-state index is -3.96. The highest BCUT2D eigenvalue weighted by molar-refractivity contribution is 7.92. The van der Waals surface area contributed by atoms with Gasteiger partial charge >= 0.3 is 0 Å². The summed E-state index contributed by atoms with van der Waals surface area (Å²) in [7, 11) is -3.96. The Morgan fingerprint density at radius 3 is 2.33 bits per heavy atom. The molecule has 2 rings (SSSR count). The van der Waals surface area contributed by atoms with Crippen molar-refractivity contribution in [1.29, 1.82) is 0 Å². The number of nitrogens with two attached hydrogens (primary N) is 1. The van der Waals surface area contributed by atoms with E-state index in [0.717, 1.165) is 6.07 Å². The fourth-order valence-corrected chi connectivity index (χ4v) is 3.08. The van der Waals surface area contributed by atoms with Gasteiger partial charge in [-0.05, 0) is 24.3 Å². The Morgan fingerprint density at radius 1 is 1.19 bits per heavy atom. The van der Waals surface area contributed by atoms with E-state index in [9.17, 15) is 12.8 Å². The van der Waals surface area contributed by atoms with Crippen molar-refractivity contribution in [3.05, 3.63) is 58.9 Å². The van der Waals surface area contributed by atoms with Crippen LogP contribution in [0.2, 0.25) is 5.02 Å². The summed E-state index contributed by atoms with van der Waals surface area (Å²) in [6, 6.07) is 9.47.